The molecule has 1 aromatic rings. The number of aliphatic carboxylic acids is 1. The summed E-state index contributed by atoms with van der Waals surface area (Å²) in [4.78, 5) is 32.2. The number of nitrogens with zero attached hydrogens (tertiary/aromatic N) is 1. The average molecular weight is 258 g/mol. The highest BCUT2D eigenvalue weighted by Crippen LogP contribution is 2.23. The molecule has 1 rings (SSSR count). The third-order valence-corrected chi connectivity index (χ3v) is 3.04. The smallest absolute Gasteiger partial charge is 0.326 e. The summed E-state index contributed by atoms with van der Waals surface area (Å²) in [6.45, 7) is 1.62. The van der Waals surface area contributed by atoms with Gasteiger partial charge in [-0.2, -0.15) is 0 Å². The molecule has 0 spiro atoms. The van der Waals surface area contributed by atoms with Crippen molar-refractivity contribution in [2.24, 2.45) is 0 Å². The summed E-state index contributed by atoms with van der Waals surface area (Å²) >= 11 is 0.709. The zero-order valence-electron chi connectivity index (χ0n) is 8.87. The summed E-state index contributed by atoms with van der Waals surface area (Å²) in [5.41, 5.74) is 0. The Morgan fingerprint density at radius 3 is 2.65 bits per heavy atom. The number of amides is 1. The number of nitro groups is 1. The molecule has 0 fully saturated rings. The zero-order chi connectivity index (χ0) is 13.0. The molecule has 1 atom stereocenters. The predicted molar refractivity (Wildman–Crippen MR) is 60.2 cm³/mol. The van der Waals surface area contributed by atoms with E-state index in [0.29, 0.717) is 11.3 Å². The van der Waals surface area contributed by atoms with Gasteiger partial charge in [-0.1, -0.05) is 18.3 Å². The van der Waals surface area contributed by atoms with Crippen molar-refractivity contribution in [2.75, 3.05) is 0 Å². The molecule has 1 aromatic heterocycles. The molecule has 7 nitrogen and oxygen atoms in total. The topological polar surface area (TPSA) is 110 Å². The minimum atomic E-state index is -1.13. The molecule has 0 radical (unpaired) electrons. The number of carbonyl (C=O) groups is 2. The molecule has 0 aromatic carbocycles. The van der Waals surface area contributed by atoms with Crippen molar-refractivity contribution in [3.8, 4) is 0 Å². The Balaban J connectivity index is 2.75. The maximum atomic E-state index is 11.6. The van der Waals surface area contributed by atoms with E-state index < -0.39 is 22.8 Å². The normalized spacial score (nSPS) is 11.8. The average Bonchev–Trinajstić information content (AvgIpc) is 2.74. The Kier molecular flexibility index (Phi) is 4.16. The van der Waals surface area contributed by atoms with Gasteiger partial charge in [-0.15, -0.1) is 0 Å². The number of hydrogen-bond donors (Lipinski definition) is 2. The number of rotatable bonds is 5. The van der Waals surface area contributed by atoms with Gasteiger partial charge in [-0.25, -0.2) is 4.79 Å². The lowest BCUT2D eigenvalue weighted by Gasteiger charge is -2.10. The quantitative estimate of drug-likeness (QED) is 0.610. The maximum Gasteiger partial charge on any atom is 0.326 e. The van der Waals surface area contributed by atoms with Crippen molar-refractivity contribution in [3.05, 3.63) is 27.1 Å². The first-order valence-electron chi connectivity index (χ1n) is 4.73. The van der Waals surface area contributed by atoms with Crippen LogP contribution in [0.15, 0.2) is 12.1 Å². The number of nitrogens with one attached hydrogen (secondary N) is 1. The third-order valence-electron chi connectivity index (χ3n) is 2.01. The highest BCUT2D eigenvalue weighted by atomic mass is 32.1. The number of carbonyl (C=O) groups excluding carboxylic acids is 1. The van der Waals surface area contributed by atoms with Gasteiger partial charge in [0.25, 0.3) is 5.91 Å². The second kappa shape index (κ2) is 5.39. The largest absolute Gasteiger partial charge is 0.480 e. The standard InChI is InChI=1S/C9H10N2O5S/c1-2-5(9(13)14)10-8(12)6-3-4-7(17-6)11(15)16/h3-5H,2H2,1H3,(H,10,12)(H,13,14)/t5-/m1/s1. The van der Waals surface area contributed by atoms with Crippen LogP contribution in [0, 0.1) is 10.1 Å². The number of hydrogen-bond acceptors (Lipinski definition) is 5. The zero-order valence-corrected chi connectivity index (χ0v) is 9.69. The van der Waals surface area contributed by atoms with Gasteiger partial charge in [0.2, 0.25) is 0 Å². The van der Waals surface area contributed by atoms with Gasteiger partial charge in [-0.05, 0) is 12.5 Å². The number of carboxylic acid groups (broad SMARTS) is 1. The SMILES string of the molecule is CC[C@@H](NC(=O)c1ccc([N+](=O)[O-])s1)C(=O)O. The van der Waals surface area contributed by atoms with E-state index in [1.807, 2.05) is 0 Å². The van der Waals surface area contributed by atoms with Crippen molar-refractivity contribution in [2.45, 2.75) is 19.4 Å². The minimum Gasteiger partial charge on any atom is -0.480 e. The summed E-state index contributed by atoms with van der Waals surface area (Å²) in [5, 5.41) is 21.3. The van der Waals surface area contributed by atoms with Crippen LogP contribution in [0.25, 0.3) is 0 Å². The molecule has 1 heterocycles. The Morgan fingerprint density at radius 1 is 1.59 bits per heavy atom. The van der Waals surface area contributed by atoms with Crippen molar-refractivity contribution in [3.63, 3.8) is 0 Å². The summed E-state index contributed by atoms with van der Waals surface area (Å²) in [6.07, 6.45) is 0.245. The molecule has 0 aliphatic carbocycles. The van der Waals surface area contributed by atoms with Gasteiger partial charge < -0.3 is 10.4 Å². The molecule has 0 bridgehead atoms. The highest BCUT2D eigenvalue weighted by molar-refractivity contribution is 7.17. The van der Waals surface area contributed by atoms with Crippen LogP contribution in [0.3, 0.4) is 0 Å². The van der Waals surface area contributed by atoms with Gasteiger partial charge in [0.05, 0.1) is 9.80 Å². The van der Waals surface area contributed by atoms with Gasteiger partial charge in [0.1, 0.15) is 6.04 Å². The predicted octanol–water partition coefficient (Wildman–Crippen LogP) is 1.25. The van der Waals surface area contributed by atoms with Gasteiger partial charge in [0, 0.05) is 6.07 Å². The van der Waals surface area contributed by atoms with Gasteiger partial charge >= 0.3 is 11.0 Å². The van der Waals surface area contributed by atoms with Crippen LogP contribution in [-0.2, 0) is 4.79 Å². The second-order valence-electron chi connectivity index (χ2n) is 3.17. The molecule has 8 heteroatoms. The van der Waals surface area contributed by atoms with Crippen LogP contribution in [0.1, 0.15) is 23.0 Å². The molecule has 0 unspecified atom stereocenters. The van der Waals surface area contributed by atoms with Crippen molar-refractivity contribution in [1.82, 2.24) is 5.32 Å². The van der Waals surface area contributed by atoms with E-state index in [-0.39, 0.29) is 16.3 Å². The third kappa shape index (κ3) is 3.25. The second-order valence-corrected chi connectivity index (χ2v) is 4.23. The minimum absolute atomic E-state index is 0.122. The summed E-state index contributed by atoms with van der Waals surface area (Å²) in [7, 11) is 0. The first-order valence-corrected chi connectivity index (χ1v) is 5.55. The van der Waals surface area contributed by atoms with Crippen LogP contribution >= 0.6 is 11.3 Å². The number of carboxylic acids is 1. The Labute approximate surface area is 100 Å². The van der Waals surface area contributed by atoms with E-state index in [0.717, 1.165) is 0 Å². The summed E-state index contributed by atoms with van der Waals surface area (Å²) in [5.74, 6) is -1.75. The summed E-state index contributed by atoms with van der Waals surface area (Å²) < 4.78 is 0. The molecular formula is C9H10N2O5S. The highest BCUT2D eigenvalue weighted by Gasteiger charge is 2.21. The van der Waals surface area contributed by atoms with Crippen molar-refractivity contribution < 1.29 is 19.6 Å². The van der Waals surface area contributed by atoms with E-state index in [2.05, 4.69) is 5.32 Å². The maximum absolute atomic E-state index is 11.6. The molecular weight excluding hydrogens is 248 g/mol. The molecule has 0 aliphatic heterocycles. The Hall–Kier alpha value is -1.96. The summed E-state index contributed by atoms with van der Waals surface area (Å²) in [6, 6.07) is 1.53. The van der Waals surface area contributed by atoms with E-state index in [9.17, 15) is 19.7 Å². The molecule has 0 saturated carbocycles. The molecule has 0 saturated heterocycles. The van der Waals surface area contributed by atoms with E-state index in [1.54, 1.807) is 6.92 Å². The van der Waals surface area contributed by atoms with Gasteiger partial charge in [0.15, 0.2) is 0 Å². The molecule has 92 valence electrons. The van der Waals surface area contributed by atoms with Crippen LogP contribution < -0.4 is 5.32 Å². The Morgan fingerprint density at radius 2 is 2.24 bits per heavy atom. The lowest BCUT2D eigenvalue weighted by atomic mass is 10.2. The fraction of sp³-hybridized carbons (Fsp3) is 0.333. The lowest BCUT2D eigenvalue weighted by molar-refractivity contribution is -0.380. The van der Waals surface area contributed by atoms with Crippen LogP contribution in [0.4, 0.5) is 5.00 Å². The molecule has 0 aliphatic rings. The Bertz CT molecular complexity index is 456. The van der Waals surface area contributed by atoms with Crippen molar-refractivity contribution in [1.29, 1.82) is 0 Å². The van der Waals surface area contributed by atoms with E-state index in [1.165, 1.54) is 12.1 Å². The fourth-order valence-electron chi connectivity index (χ4n) is 1.12. The fourth-order valence-corrected chi connectivity index (χ4v) is 1.84. The van der Waals surface area contributed by atoms with Crippen LogP contribution in [-0.4, -0.2) is 27.9 Å². The van der Waals surface area contributed by atoms with E-state index >= 15 is 0 Å². The van der Waals surface area contributed by atoms with Crippen molar-refractivity contribution >= 4 is 28.2 Å². The number of thiophene rings is 1. The molecule has 1 amide bonds. The first kappa shape index (κ1) is 13.1. The lowest BCUT2D eigenvalue weighted by Crippen LogP contribution is -2.39. The van der Waals surface area contributed by atoms with Gasteiger partial charge in [-0.3, -0.25) is 14.9 Å². The molecule has 2 N–H and O–H groups in total. The molecule has 17 heavy (non-hydrogen) atoms. The monoisotopic (exact) mass is 258 g/mol. The van der Waals surface area contributed by atoms with Crippen LogP contribution in [0.2, 0.25) is 0 Å². The van der Waals surface area contributed by atoms with Crippen LogP contribution in [0.5, 0.6) is 0 Å². The first-order chi connectivity index (χ1) is 7.95. The van der Waals surface area contributed by atoms with E-state index in [4.69, 9.17) is 5.11 Å².